The summed E-state index contributed by atoms with van der Waals surface area (Å²) in [5.74, 6) is 1.12. The Kier molecular flexibility index (Phi) is 5.72. The van der Waals surface area contributed by atoms with Crippen LogP contribution >= 0.6 is 0 Å². The van der Waals surface area contributed by atoms with Gasteiger partial charge in [-0.15, -0.1) is 0 Å². The van der Waals surface area contributed by atoms with Gasteiger partial charge in [-0.1, -0.05) is 44.2 Å². The van der Waals surface area contributed by atoms with Gasteiger partial charge in [-0.2, -0.15) is 0 Å². The molecule has 0 radical (unpaired) electrons. The molecule has 0 amide bonds. The minimum atomic E-state index is -0.313. The van der Waals surface area contributed by atoms with Crippen molar-refractivity contribution in [1.82, 2.24) is 0 Å². The average Bonchev–Trinajstić information content (AvgIpc) is 2.95. The summed E-state index contributed by atoms with van der Waals surface area (Å²) in [5.41, 5.74) is 6.18. The Morgan fingerprint density at radius 1 is 1.15 bits per heavy atom. The van der Waals surface area contributed by atoms with Crippen molar-refractivity contribution in [2.45, 2.75) is 52.5 Å². The van der Waals surface area contributed by atoms with E-state index in [1.54, 1.807) is 6.07 Å². The number of ether oxygens (including phenoxy) is 1. The number of para-hydroxylation sites is 1. The lowest BCUT2D eigenvalue weighted by Gasteiger charge is -2.34. The third-order valence-corrected chi connectivity index (χ3v) is 6.86. The number of ketones is 1. The Hall–Kier alpha value is -3.47. The maximum Gasteiger partial charge on any atom is 0.163 e. The van der Waals surface area contributed by atoms with E-state index in [1.165, 1.54) is 5.57 Å². The van der Waals surface area contributed by atoms with Crippen LogP contribution in [0.25, 0.3) is 0 Å². The van der Waals surface area contributed by atoms with Gasteiger partial charge in [0.05, 0.1) is 11.7 Å². The van der Waals surface area contributed by atoms with E-state index in [0.29, 0.717) is 18.7 Å². The van der Waals surface area contributed by atoms with Crippen LogP contribution in [-0.2, 0) is 4.79 Å². The predicted molar refractivity (Wildman–Crippen MR) is 136 cm³/mol. The number of benzene rings is 2. The minimum absolute atomic E-state index is 0.138. The number of hydrogen-bond acceptors (Lipinski definition) is 5. The number of carbonyl (C=O) groups is 1. The molecule has 1 unspecified atom stereocenters. The van der Waals surface area contributed by atoms with E-state index in [9.17, 15) is 9.90 Å². The van der Waals surface area contributed by atoms with Gasteiger partial charge < -0.3 is 20.5 Å². The molecule has 0 saturated heterocycles. The van der Waals surface area contributed by atoms with E-state index < -0.39 is 0 Å². The number of fused-ring (bicyclic) bond motifs is 1. The first-order valence-electron chi connectivity index (χ1n) is 12.0. The van der Waals surface area contributed by atoms with E-state index in [-0.39, 0.29) is 23.0 Å². The zero-order valence-electron chi connectivity index (χ0n) is 20.1. The lowest BCUT2D eigenvalue weighted by Crippen LogP contribution is -2.31. The van der Waals surface area contributed by atoms with Crippen molar-refractivity contribution in [3.8, 4) is 11.5 Å². The smallest absolute Gasteiger partial charge is 0.163 e. The second kappa shape index (κ2) is 8.71. The zero-order chi connectivity index (χ0) is 23.9. The number of phenols is 1. The molecular weight excluding hydrogens is 424 g/mol. The number of rotatable bonds is 4. The normalized spacial score (nSPS) is 21.0. The third-order valence-electron chi connectivity index (χ3n) is 6.86. The molecule has 0 aromatic heterocycles. The molecule has 1 aliphatic heterocycles. The largest absolute Gasteiger partial charge is 0.506 e. The van der Waals surface area contributed by atoms with Gasteiger partial charge in [0.1, 0.15) is 23.8 Å². The van der Waals surface area contributed by atoms with Crippen molar-refractivity contribution in [2.24, 2.45) is 5.41 Å². The second-order valence-electron chi connectivity index (χ2n) is 10.3. The maximum absolute atomic E-state index is 13.4. The number of aromatic hydroxyl groups is 1. The Morgan fingerprint density at radius 2 is 2.00 bits per heavy atom. The first-order valence-corrected chi connectivity index (χ1v) is 12.0. The number of hydrogen-bond donors (Lipinski definition) is 3. The predicted octanol–water partition coefficient (Wildman–Crippen LogP) is 6.58. The van der Waals surface area contributed by atoms with Crippen LogP contribution in [0.1, 0.15) is 56.7 Å². The number of phenolic OH excluding ortho intramolecular Hbond substituents is 1. The van der Waals surface area contributed by atoms with Crippen LogP contribution in [0.4, 0.5) is 11.4 Å². The summed E-state index contributed by atoms with van der Waals surface area (Å²) in [6.45, 7) is 6.84. The highest BCUT2D eigenvalue weighted by Gasteiger charge is 2.39. The lowest BCUT2D eigenvalue weighted by atomic mass is 9.73. The fourth-order valence-corrected chi connectivity index (χ4v) is 5.19. The summed E-state index contributed by atoms with van der Waals surface area (Å²) in [5, 5.41) is 17.5. The molecular formula is C29H32N2O3. The molecule has 5 nitrogen and oxygen atoms in total. The summed E-state index contributed by atoms with van der Waals surface area (Å²) in [7, 11) is 0. The number of aryl methyl sites for hydroxylation is 1. The molecule has 2 aromatic rings. The van der Waals surface area contributed by atoms with Gasteiger partial charge in [-0.05, 0) is 72.6 Å². The van der Waals surface area contributed by atoms with Gasteiger partial charge >= 0.3 is 0 Å². The molecule has 2 aliphatic carbocycles. The molecule has 2 aromatic carbocycles. The summed E-state index contributed by atoms with van der Waals surface area (Å²) < 4.78 is 6.06. The van der Waals surface area contributed by atoms with Gasteiger partial charge in [-0.3, -0.25) is 4.79 Å². The van der Waals surface area contributed by atoms with Crippen LogP contribution < -0.4 is 15.4 Å². The lowest BCUT2D eigenvalue weighted by molar-refractivity contribution is -0.118. The van der Waals surface area contributed by atoms with Crippen molar-refractivity contribution in [3.05, 3.63) is 82.6 Å². The second-order valence-corrected chi connectivity index (χ2v) is 10.3. The third kappa shape index (κ3) is 4.35. The highest BCUT2D eigenvalue weighted by atomic mass is 16.5. The number of anilines is 2. The van der Waals surface area contributed by atoms with Crippen LogP contribution in [0.15, 0.2) is 71.5 Å². The van der Waals surface area contributed by atoms with Gasteiger partial charge in [0.2, 0.25) is 0 Å². The first kappa shape index (κ1) is 22.3. The fraction of sp³-hybridized carbons (Fsp3) is 0.345. The number of carbonyl (C=O) groups excluding carboxylic acids is 1. The Balaban J connectivity index is 1.51. The molecule has 5 heteroatoms. The summed E-state index contributed by atoms with van der Waals surface area (Å²) in [4.78, 5) is 13.4. The highest BCUT2D eigenvalue weighted by molar-refractivity contribution is 6.01. The van der Waals surface area contributed by atoms with E-state index in [1.807, 2.05) is 24.3 Å². The van der Waals surface area contributed by atoms with E-state index >= 15 is 0 Å². The molecule has 1 heterocycles. The molecule has 34 heavy (non-hydrogen) atoms. The van der Waals surface area contributed by atoms with Crippen molar-refractivity contribution in [3.63, 3.8) is 0 Å². The Labute approximate surface area is 201 Å². The average molecular weight is 457 g/mol. The quantitative estimate of drug-likeness (QED) is 0.454. The SMILES string of the molecule is Cc1cc(OCC2=CCCC=C2)ccc1C1Nc2cccc(O)c2NC2=C1C(=O)CC(C)(C)C2. The molecule has 176 valence electrons. The van der Waals surface area contributed by atoms with Crippen LogP contribution in [-0.4, -0.2) is 17.5 Å². The van der Waals surface area contributed by atoms with E-state index in [2.05, 4.69) is 55.7 Å². The number of nitrogens with one attached hydrogen (secondary N) is 2. The molecule has 0 fully saturated rings. The number of allylic oxidation sites excluding steroid dienone is 3. The van der Waals surface area contributed by atoms with Gasteiger partial charge in [0.25, 0.3) is 0 Å². The topological polar surface area (TPSA) is 70.6 Å². The maximum atomic E-state index is 13.4. The van der Waals surface area contributed by atoms with Crippen molar-refractivity contribution in [2.75, 3.05) is 17.2 Å². The van der Waals surface area contributed by atoms with Gasteiger partial charge in [0.15, 0.2) is 5.78 Å². The van der Waals surface area contributed by atoms with Crippen LogP contribution in [0.5, 0.6) is 11.5 Å². The Bertz CT molecular complexity index is 1240. The van der Waals surface area contributed by atoms with Crippen LogP contribution in [0.2, 0.25) is 0 Å². The summed E-state index contributed by atoms with van der Waals surface area (Å²) in [6, 6.07) is 11.2. The zero-order valence-corrected chi connectivity index (χ0v) is 20.1. The monoisotopic (exact) mass is 456 g/mol. The standard InChI is InChI=1S/C29H32N2O3/c1-18-14-20(34-17-19-8-5-4-6-9-19)12-13-21(18)27-26-23(15-29(2,3)16-25(26)33)31-28-22(30-27)10-7-11-24(28)32/h5,7-14,27,30-32H,4,6,15-17H2,1-3H3. The summed E-state index contributed by atoms with van der Waals surface area (Å²) >= 11 is 0. The van der Waals surface area contributed by atoms with Crippen molar-refractivity contribution < 1.29 is 14.6 Å². The fourth-order valence-electron chi connectivity index (χ4n) is 5.19. The Morgan fingerprint density at radius 3 is 2.76 bits per heavy atom. The first-order chi connectivity index (χ1) is 16.3. The molecule has 1 atom stereocenters. The molecule has 0 spiro atoms. The summed E-state index contributed by atoms with van der Waals surface area (Å²) in [6.07, 6.45) is 9.93. The van der Waals surface area contributed by atoms with Crippen molar-refractivity contribution in [1.29, 1.82) is 0 Å². The number of Topliss-reactive ketones (excluding diaryl/α,β-unsaturated/α-hetero) is 1. The van der Waals surface area contributed by atoms with Gasteiger partial charge in [0, 0.05) is 17.7 Å². The molecule has 5 rings (SSSR count). The molecule has 3 N–H and O–H groups in total. The van der Waals surface area contributed by atoms with Gasteiger partial charge in [-0.25, -0.2) is 0 Å². The van der Waals surface area contributed by atoms with E-state index in [4.69, 9.17) is 4.74 Å². The molecule has 0 bridgehead atoms. The van der Waals surface area contributed by atoms with Crippen LogP contribution in [0.3, 0.4) is 0 Å². The highest BCUT2D eigenvalue weighted by Crippen LogP contribution is 2.47. The van der Waals surface area contributed by atoms with Crippen molar-refractivity contribution >= 4 is 17.2 Å². The molecule has 3 aliphatic rings. The van der Waals surface area contributed by atoms with E-state index in [0.717, 1.165) is 53.1 Å². The molecule has 0 saturated carbocycles. The van der Waals surface area contributed by atoms with Crippen LogP contribution in [0, 0.1) is 12.3 Å². The minimum Gasteiger partial charge on any atom is -0.506 e.